The van der Waals surface area contributed by atoms with Crippen molar-refractivity contribution in [2.45, 2.75) is 44.8 Å². The fraction of sp³-hybridized carbons (Fsp3) is 0.591. The Morgan fingerprint density at radius 2 is 1.84 bits per heavy atom. The molecule has 0 spiro atoms. The van der Waals surface area contributed by atoms with Gasteiger partial charge in [0.15, 0.2) is 0 Å². The van der Waals surface area contributed by atoms with Crippen LogP contribution in [0.4, 0.5) is 13.2 Å². The maximum Gasteiger partial charge on any atom is 0.416 e. The van der Waals surface area contributed by atoms with Crippen molar-refractivity contribution in [1.82, 2.24) is 15.1 Å². The summed E-state index contributed by atoms with van der Waals surface area (Å²) in [7, 11) is 1.58. The fourth-order valence-electron chi connectivity index (χ4n) is 4.57. The molecule has 3 unspecified atom stereocenters. The van der Waals surface area contributed by atoms with Crippen LogP contribution in [0.2, 0.25) is 0 Å². The predicted octanol–water partition coefficient (Wildman–Crippen LogP) is 2.99. The summed E-state index contributed by atoms with van der Waals surface area (Å²) in [5.41, 5.74) is -0.274. The standard InChI is InChI=1S/C22H28F3N3O3/c1-3-26-20(30)15-5-4-12-28(13-15)21(31)17-10-11-18(29)27(2)19(17)14-6-8-16(9-7-14)22(23,24)25/h6-9,15,17,19H,3-5,10-13H2,1-2H3,(H,26,30). The van der Waals surface area contributed by atoms with Crippen LogP contribution in [0.1, 0.15) is 49.8 Å². The highest BCUT2D eigenvalue weighted by molar-refractivity contribution is 5.86. The van der Waals surface area contributed by atoms with Gasteiger partial charge in [-0.3, -0.25) is 14.4 Å². The van der Waals surface area contributed by atoms with E-state index in [1.54, 1.807) is 11.9 Å². The molecule has 2 fully saturated rings. The summed E-state index contributed by atoms with van der Waals surface area (Å²) in [5.74, 6) is -1.21. The van der Waals surface area contributed by atoms with Gasteiger partial charge in [-0.1, -0.05) is 12.1 Å². The molecule has 3 rings (SSSR count). The van der Waals surface area contributed by atoms with Crippen molar-refractivity contribution in [2.75, 3.05) is 26.7 Å². The van der Waals surface area contributed by atoms with Crippen LogP contribution in [0.25, 0.3) is 0 Å². The van der Waals surface area contributed by atoms with Crippen LogP contribution in [0.5, 0.6) is 0 Å². The Hall–Kier alpha value is -2.58. The summed E-state index contributed by atoms with van der Waals surface area (Å²) < 4.78 is 38.8. The lowest BCUT2D eigenvalue weighted by atomic mass is 9.82. The second kappa shape index (κ2) is 9.28. The average molecular weight is 439 g/mol. The zero-order valence-electron chi connectivity index (χ0n) is 17.7. The number of piperidine rings is 2. The number of alkyl halides is 3. The van der Waals surface area contributed by atoms with Crippen LogP contribution >= 0.6 is 0 Å². The number of hydrogen-bond acceptors (Lipinski definition) is 3. The second-order valence-corrected chi connectivity index (χ2v) is 8.23. The molecule has 1 N–H and O–H groups in total. The number of benzene rings is 1. The van der Waals surface area contributed by atoms with E-state index < -0.39 is 23.7 Å². The van der Waals surface area contributed by atoms with Crippen molar-refractivity contribution in [3.05, 3.63) is 35.4 Å². The quantitative estimate of drug-likeness (QED) is 0.784. The highest BCUT2D eigenvalue weighted by Crippen LogP contribution is 2.39. The van der Waals surface area contributed by atoms with Crippen molar-refractivity contribution in [3.8, 4) is 0 Å². The maximum atomic E-state index is 13.4. The molecule has 9 heteroatoms. The molecule has 2 aliphatic heterocycles. The van der Waals surface area contributed by atoms with E-state index in [1.165, 1.54) is 17.0 Å². The van der Waals surface area contributed by atoms with E-state index in [4.69, 9.17) is 0 Å². The Kier molecular flexibility index (Phi) is 6.91. The normalized spacial score (nSPS) is 24.8. The van der Waals surface area contributed by atoms with E-state index in [0.717, 1.165) is 12.1 Å². The number of carbonyl (C=O) groups is 3. The zero-order chi connectivity index (χ0) is 22.8. The van der Waals surface area contributed by atoms with Gasteiger partial charge in [0.1, 0.15) is 0 Å². The third-order valence-corrected chi connectivity index (χ3v) is 6.21. The Morgan fingerprint density at radius 1 is 1.16 bits per heavy atom. The summed E-state index contributed by atoms with van der Waals surface area (Å²) in [6.07, 6.45) is -2.50. The minimum absolute atomic E-state index is 0.0739. The molecule has 0 saturated carbocycles. The fourth-order valence-corrected chi connectivity index (χ4v) is 4.57. The number of amides is 3. The molecule has 0 aromatic heterocycles. The lowest BCUT2D eigenvalue weighted by Gasteiger charge is -2.42. The molecular formula is C22H28F3N3O3. The van der Waals surface area contributed by atoms with Crippen molar-refractivity contribution < 1.29 is 27.6 Å². The Morgan fingerprint density at radius 3 is 2.45 bits per heavy atom. The third-order valence-electron chi connectivity index (χ3n) is 6.21. The molecule has 3 amide bonds. The summed E-state index contributed by atoms with van der Waals surface area (Å²) >= 11 is 0. The van der Waals surface area contributed by atoms with Crippen molar-refractivity contribution in [1.29, 1.82) is 0 Å². The first-order valence-electron chi connectivity index (χ1n) is 10.6. The van der Waals surface area contributed by atoms with Gasteiger partial charge in [-0.2, -0.15) is 13.2 Å². The minimum atomic E-state index is -4.45. The molecule has 170 valence electrons. The van der Waals surface area contributed by atoms with E-state index in [0.29, 0.717) is 44.5 Å². The Balaban J connectivity index is 1.83. The monoisotopic (exact) mass is 439 g/mol. The number of halogens is 3. The van der Waals surface area contributed by atoms with E-state index in [9.17, 15) is 27.6 Å². The van der Waals surface area contributed by atoms with Gasteiger partial charge in [-0.25, -0.2) is 0 Å². The van der Waals surface area contributed by atoms with Crippen LogP contribution in [0.15, 0.2) is 24.3 Å². The van der Waals surface area contributed by atoms with Crippen LogP contribution in [-0.4, -0.2) is 54.2 Å². The topological polar surface area (TPSA) is 69.7 Å². The molecule has 2 heterocycles. The van der Waals surface area contributed by atoms with Crippen molar-refractivity contribution >= 4 is 17.7 Å². The lowest BCUT2D eigenvalue weighted by Crippen LogP contribution is -2.51. The van der Waals surface area contributed by atoms with Crippen LogP contribution in [0, 0.1) is 11.8 Å². The number of nitrogens with zero attached hydrogens (tertiary/aromatic N) is 2. The number of hydrogen-bond donors (Lipinski definition) is 1. The number of nitrogens with one attached hydrogen (secondary N) is 1. The molecule has 0 bridgehead atoms. The first-order valence-corrected chi connectivity index (χ1v) is 10.6. The van der Waals surface area contributed by atoms with Gasteiger partial charge in [0.05, 0.1) is 23.4 Å². The first-order chi connectivity index (χ1) is 14.6. The summed E-state index contributed by atoms with van der Waals surface area (Å²) in [6, 6.07) is 4.01. The summed E-state index contributed by atoms with van der Waals surface area (Å²) in [5, 5.41) is 2.80. The highest BCUT2D eigenvalue weighted by atomic mass is 19.4. The Labute approximate surface area is 179 Å². The van der Waals surface area contributed by atoms with Crippen molar-refractivity contribution in [3.63, 3.8) is 0 Å². The van der Waals surface area contributed by atoms with Gasteiger partial charge in [0.2, 0.25) is 17.7 Å². The van der Waals surface area contributed by atoms with Crippen LogP contribution < -0.4 is 5.32 Å². The minimum Gasteiger partial charge on any atom is -0.356 e. The van der Waals surface area contributed by atoms with Crippen molar-refractivity contribution in [2.24, 2.45) is 11.8 Å². The van der Waals surface area contributed by atoms with Gasteiger partial charge in [-0.05, 0) is 43.9 Å². The number of carbonyl (C=O) groups excluding carboxylic acids is 3. The predicted molar refractivity (Wildman–Crippen MR) is 108 cm³/mol. The molecule has 1 aromatic carbocycles. The second-order valence-electron chi connectivity index (χ2n) is 8.23. The van der Waals surface area contributed by atoms with Crippen LogP contribution in [0.3, 0.4) is 0 Å². The molecule has 0 aliphatic carbocycles. The zero-order valence-corrected chi connectivity index (χ0v) is 17.7. The first kappa shape index (κ1) is 23.1. The molecule has 31 heavy (non-hydrogen) atoms. The van der Waals surface area contributed by atoms with E-state index in [-0.39, 0.29) is 30.1 Å². The average Bonchev–Trinajstić information content (AvgIpc) is 2.75. The molecule has 1 aromatic rings. The molecule has 3 atom stereocenters. The SMILES string of the molecule is CCNC(=O)C1CCCN(C(=O)C2CCC(=O)N(C)C2c2ccc(C(F)(F)F)cc2)C1. The maximum absolute atomic E-state index is 13.4. The lowest BCUT2D eigenvalue weighted by molar-refractivity contribution is -0.148. The largest absolute Gasteiger partial charge is 0.416 e. The van der Waals surface area contributed by atoms with Gasteiger partial charge in [0.25, 0.3) is 0 Å². The van der Waals surface area contributed by atoms with Gasteiger partial charge < -0.3 is 15.1 Å². The summed E-state index contributed by atoms with van der Waals surface area (Å²) in [6.45, 7) is 3.21. The van der Waals surface area contributed by atoms with Gasteiger partial charge in [0, 0.05) is 33.1 Å². The Bertz CT molecular complexity index is 826. The molecule has 6 nitrogen and oxygen atoms in total. The van der Waals surface area contributed by atoms with Crippen LogP contribution in [-0.2, 0) is 20.6 Å². The van der Waals surface area contributed by atoms with Gasteiger partial charge >= 0.3 is 6.18 Å². The smallest absolute Gasteiger partial charge is 0.356 e. The van der Waals surface area contributed by atoms with E-state index in [1.807, 2.05) is 6.92 Å². The number of likely N-dealkylation sites (tertiary alicyclic amines) is 2. The van der Waals surface area contributed by atoms with E-state index in [2.05, 4.69) is 5.32 Å². The van der Waals surface area contributed by atoms with E-state index >= 15 is 0 Å². The molecule has 0 radical (unpaired) electrons. The highest BCUT2D eigenvalue weighted by Gasteiger charge is 2.42. The van der Waals surface area contributed by atoms with Gasteiger partial charge in [-0.15, -0.1) is 0 Å². The molecule has 2 aliphatic rings. The molecular weight excluding hydrogens is 411 g/mol. The number of rotatable bonds is 4. The third kappa shape index (κ3) is 5.02. The summed E-state index contributed by atoms with van der Waals surface area (Å²) in [4.78, 5) is 41.1. The molecule has 2 saturated heterocycles.